The summed E-state index contributed by atoms with van der Waals surface area (Å²) in [6.45, 7) is 4.76. The summed E-state index contributed by atoms with van der Waals surface area (Å²) in [7, 11) is 0. The van der Waals surface area contributed by atoms with E-state index in [1.807, 2.05) is 0 Å². The monoisotopic (exact) mass is 323 g/mol. The van der Waals surface area contributed by atoms with Crippen molar-refractivity contribution in [1.82, 2.24) is 14.4 Å². The van der Waals surface area contributed by atoms with Crippen molar-refractivity contribution in [3.8, 4) is 0 Å². The van der Waals surface area contributed by atoms with Gasteiger partial charge >= 0.3 is 0 Å². The van der Waals surface area contributed by atoms with E-state index in [9.17, 15) is 4.79 Å². The number of hydrogen-bond donors (Lipinski definition) is 0. The highest BCUT2D eigenvalue weighted by Gasteiger charge is 2.56. The number of carbonyl (C=O) groups is 1. The van der Waals surface area contributed by atoms with Gasteiger partial charge in [0.2, 0.25) is 5.91 Å². The summed E-state index contributed by atoms with van der Waals surface area (Å²) >= 11 is 0. The standard InChI is InChI=1S/C20H25N3O/c24-19(20(8-9-20)22-10-4-1-5-11-22)21-12-13-23-17(15-21)14-16-6-2-3-7-18(16)23/h2-3,6-7,14H,1,4-5,8-13,15H2. The normalized spacial score (nSPS) is 23.2. The molecule has 1 saturated heterocycles. The number of amides is 1. The van der Waals surface area contributed by atoms with Gasteiger partial charge in [-0.25, -0.2) is 0 Å². The molecule has 24 heavy (non-hydrogen) atoms. The molecule has 1 saturated carbocycles. The summed E-state index contributed by atoms with van der Waals surface area (Å²) in [5.74, 6) is 0.390. The fourth-order valence-corrected chi connectivity index (χ4v) is 4.73. The molecule has 0 atom stereocenters. The van der Waals surface area contributed by atoms with Crippen LogP contribution in [0.1, 0.15) is 37.8 Å². The second-order valence-corrected chi connectivity index (χ2v) is 7.65. The van der Waals surface area contributed by atoms with Gasteiger partial charge < -0.3 is 9.47 Å². The second kappa shape index (κ2) is 5.35. The van der Waals surface area contributed by atoms with E-state index in [0.29, 0.717) is 5.91 Å². The van der Waals surface area contributed by atoms with Crippen molar-refractivity contribution in [3.63, 3.8) is 0 Å². The molecule has 1 amide bonds. The summed E-state index contributed by atoms with van der Waals surface area (Å²) in [6, 6.07) is 10.8. The number of para-hydroxylation sites is 1. The quantitative estimate of drug-likeness (QED) is 0.850. The first-order chi connectivity index (χ1) is 11.8. The molecule has 0 radical (unpaired) electrons. The highest BCUT2D eigenvalue weighted by atomic mass is 16.2. The molecule has 4 heteroatoms. The molecule has 1 aliphatic carbocycles. The largest absolute Gasteiger partial charge is 0.341 e. The van der Waals surface area contributed by atoms with Crippen molar-refractivity contribution in [2.45, 2.75) is 50.7 Å². The van der Waals surface area contributed by atoms with Crippen LogP contribution in [0, 0.1) is 0 Å². The van der Waals surface area contributed by atoms with Gasteiger partial charge in [0.15, 0.2) is 0 Å². The Morgan fingerprint density at radius 1 is 0.958 bits per heavy atom. The number of nitrogens with zero attached hydrogens (tertiary/aromatic N) is 3. The van der Waals surface area contributed by atoms with E-state index in [4.69, 9.17) is 0 Å². The number of likely N-dealkylation sites (tertiary alicyclic amines) is 1. The molecule has 3 aliphatic rings. The zero-order valence-electron chi connectivity index (χ0n) is 14.2. The number of carbonyl (C=O) groups excluding carboxylic acids is 1. The van der Waals surface area contributed by atoms with Crippen molar-refractivity contribution in [2.24, 2.45) is 0 Å². The van der Waals surface area contributed by atoms with Crippen LogP contribution in [0.15, 0.2) is 30.3 Å². The molecule has 0 spiro atoms. The summed E-state index contributed by atoms with van der Waals surface area (Å²) in [6.07, 6.45) is 5.95. The van der Waals surface area contributed by atoms with Gasteiger partial charge in [0.25, 0.3) is 0 Å². The molecule has 0 bridgehead atoms. The number of rotatable bonds is 2. The molecule has 126 valence electrons. The minimum atomic E-state index is -0.144. The molecule has 5 rings (SSSR count). The number of piperidine rings is 1. The Bertz CT molecular complexity index is 783. The van der Waals surface area contributed by atoms with E-state index in [1.165, 1.54) is 35.9 Å². The van der Waals surface area contributed by atoms with Gasteiger partial charge in [-0.3, -0.25) is 9.69 Å². The molecule has 2 fully saturated rings. The fourth-order valence-electron chi connectivity index (χ4n) is 4.73. The minimum absolute atomic E-state index is 0.144. The Morgan fingerprint density at radius 3 is 2.54 bits per heavy atom. The number of benzene rings is 1. The second-order valence-electron chi connectivity index (χ2n) is 7.65. The zero-order chi connectivity index (χ0) is 16.1. The Labute approximate surface area is 143 Å². The molecule has 3 heterocycles. The molecule has 4 nitrogen and oxygen atoms in total. The third kappa shape index (κ3) is 2.12. The van der Waals surface area contributed by atoms with E-state index in [2.05, 4.69) is 44.7 Å². The lowest BCUT2D eigenvalue weighted by molar-refractivity contribution is -0.140. The topological polar surface area (TPSA) is 28.5 Å². The smallest absolute Gasteiger partial charge is 0.243 e. The maximum Gasteiger partial charge on any atom is 0.243 e. The Morgan fingerprint density at radius 2 is 1.75 bits per heavy atom. The molecule has 1 aromatic heterocycles. The van der Waals surface area contributed by atoms with Crippen LogP contribution < -0.4 is 0 Å². The van der Waals surface area contributed by atoms with Crippen molar-refractivity contribution in [1.29, 1.82) is 0 Å². The van der Waals surface area contributed by atoms with E-state index < -0.39 is 0 Å². The Hall–Kier alpha value is -1.81. The third-order valence-electron chi connectivity index (χ3n) is 6.21. The van der Waals surface area contributed by atoms with Gasteiger partial charge in [0.05, 0.1) is 6.54 Å². The Kier molecular flexibility index (Phi) is 3.24. The summed E-state index contributed by atoms with van der Waals surface area (Å²) in [4.78, 5) is 17.9. The molecule has 2 aliphatic heterocycles. The van der Waals surface area contributed by atoms with Crippen LogP contribution >= 0.6 is 0 Å². The van der Waals surface area contributed by atoms with Gasteiger partial charge in [-0.1, -0.05) is 24.6 Å². The van der Waals surface area contributed by atoms with Crippen molar-refractivity contribution < 1.29 is 4.79 Å². The van der Waals surface area contributed by atoms with Crippen LogP contribution in [0.25, 0.3) is 10.9 Å². The lowest BCUT2D eigenvalue weighted by atomic mass is 10.1. The van der Waals surface area contributed by atoms with Gasteiger partial charge in [0.1, 0.15) is 5.54 Å². The lowest BCUT2D eigenvalue weighted by Gasteiger charge is -2.38. The van der Waals surface area contributed by atoms with E-state index in [-0.39, 0.29) is 5.54 Å². The van der Waals surface area contributed by atoms with E-state index in [0.717, 1.165) is 45.6 Å². The van der Waals surface area contributed by atoms with Crippen LogP contribution in [-0.4, -0.2) is 45.4 Å². The molecule has 0 N–H and O–H groups in total. The van der Waals surface area contributed by atoms with Gasteiger partial charge in [-0.15, -0.1) is 0 Å². The molecule has 2 aromatic rings. The number of aromatic nitrogens is 1. The van der Waals surface area contributed by atoms with Crippen LogP contribution in [0.3, 0.4) is 0 Å². The van der Waals surface area contributed by atoms with Crippen molar-refractivity contribution in [3.05, 3.63) is 36.0 Å². The fraction of sp³-hybridized carbons (Fsp3) is 0.550. The maximum atomic E-state index is 13.3. The van der Waals surface area contributed by atoms with Crippen molar-refractivity contribution >= 4 is 16.8 Å². The predicted molar refractivity (Wildman–Crippen MR) is 94.7 cm³/mol. The minimum Gasteiger partial charge on any atom is -0.341 e. The van der Waals surface area contributed by atoms with Crippen LogP contribution in [0.4, 0.5) is 0 Å². The zero-order valence-corrected chi connectivity index (χ0v) is 14.2. The van der Waals surface area contributed by atoms with E-state index >= 15 is 0 Å². The third-order valence-corrected chi connectivity index (χ3v) is 6.21. The number of fused-ring (bicyclic) bond motifs is 3. The average molecular weight is 323 g/mol. The lowest BCUT2D eigenvalue weighted by Crippen LogP contribution is -2.53. The molecule has 0 unspecified atom stereocenters. The SMILES string of the molecule is O=C(N1CCn2c(cc3ccccc32)C1)C1(N2CCCCC2)CC1. The van der Waals surface area contributed by atoms with E-state index in [1.54, 1.807) is 0 Å². The Balaban J connectivity index is 1.39. The first-order valence-electron chi connectivity index (χ1n) is 9.40. The predicted octanol–water partition coefficient (Wildman–Crippen LogP) is 3.00. The summed E-state index contributed by atoms with van der Waals surface area (Å²) in [5, 5.41) is 1.29. The van der Waals surface area contributed by atoms with Gasteiger partial charge in [0, 0.05) is 24.3 Å². The van der Waals surface area contributed by atoms with Crippen molar-refractivity contribution in [2.75, 3.05) is 19.6 Å². The maximum absolute atomic E-state index is 13.3. The van der Waals surface area contributed by atoms with Crippen LogP contribution in [0.2, 0.25) is 0 Å². The first kappa shape index (κ1) is 14.5. The molecular weight excluding hydrogens is 298 g/mol. The summed E-state index contributed by atoms with van der Waals surface area (Å²) in [5.41, 5.74) is 2.44. The average Bonchev–Trinajstić information content (AvgIpc) is 3.37. The van der Waals surface area contributed by atoms with Gasteiger partial charge in [-0.05, 0) is 56.3 Å². The highest BCUT2D eigenvalue weighted by molar-refractivity contribution is 5.90. The highest BCUT2D eigenvalue weighted by Crippen LogP contribution is 2.45. The summed E-state index contributed by atoms with van der Waals surface area (Å²) < 4.78 is 2.39. The first-order valence-corrected chi connectivity index (χ1v) is 9.40. The number of hydrogen-bond acceptors (Lipinski definition) is 2. The molecule has 1 aromatic carbocycles. The van der Waals surface area contributed by atoms with Crippen LogP contribution in [-0.2, 0) is 17.9 Å². The molecular formula is C20H25N3O. The van der Waals surface area contributed by atoms with Gasteiger partial charge in [-0.2, -0.15) is 0 Å². The van der Waals surface area contributed by atoms with Crippen LogP contribution in [0.5, 0.6) is 0 Å².